The van der Waals surface area contributed by atoms with Gasteiger partial charge in [0.15, 0.2) is 0 Å². The Kier molecular flexibility index (Phi) is 6.37. The quantitative estimate of drug-likeness (QED) is 0.684. The van der Waals surface area contributed by atoms with E-state index in [1.165, 1.54) is 16.9 Å². The Morgan fingerprint density at radius 1 is 1.20 bits per heavy atom. The summed E-state index contributed by atoms with van der Waals surface area (Å²) in [6.45, 7) is 3.16. The standard InChI is InChI=1S/C16H19Cl2NS/c1-2-10-19-14(13-11-15(17)20-16(13)18)9-8-12-6-4-3-5-7-12/h3-7,11,14,19H,2,8-10H2,1H3. The molecule has 0 spiro atoms. The molecule has 0 bridgehead atoms. The van der Waals surface area contributed by atoms with Gasteiger partial charge in [-0.3, -0.25) is 0 Å². The molecule has 0 amide bonds. The van der Waals surface area contributed by atoms with Crippen molar-refractivity contribution in [2.24, 2.45) is 0 Å². The largest absolute Gasteiger partial charge is 0.310 e. The number of hydrogen-bond acceptors (Lipinski definition) is 2. The molecule has 2 rings (SSSR count). The van der Waals surface area contributed by atoms with Gasteiger partial charge in [-0.25, -0.2) is 0 Å². The summed E-state index contributed by atoms with van der Waals surface area (Å²) in [6, 6.07) is 12.8. The Morgan fingerprint density at radius 3 is 2.55 bits per heavy atom. The molecule has 1 heterocycles. The van der Waals surface area contributed by atoms with Gasteiger partial charge >= 0.3 is 0 Å². The van der Waals surface area contributed by atoms with Gasteiger partial charge in [0.05, 0.1) is 8.67 Å². The van der Waals surface area contributed by atoms with Gasteiger partial charge < -0.3 is 5.32 Å². The van der Waals surface area contributed by atoms with Crippen LogP contribution in [0, 0.1) is 0 Å². The number of benzene rings is 1. The predicted octanol–water partition coefficient (Wildman–Crippen LogP) is 5.73. The minimum Gasteiger partial charge on any atom is -0.310 e. The maximum atomic E-state index is 6.29. The van der Waals surface area contributed by atoms with Crippen LogP contribution in [0.1, 0.15) is 36.9 Å². The summed E-state index contributed by atoms with van der Waals surface area (Å²) in [4.78, 5) is 0. The summed E-state index contributed by atoms with van der Waals surface area (Å²) in [6.07, 6.45) is 3.17. The lowest BCUT2D eigenvalue weighted by atomic mass is 10.0. The van der Waals surface area contributed by atoms with E-state index in [9.17, 15) is 0 Å². The first-order chi connectivity index (χ1) is 9.70. The first-order valence-corrected chi connectivity index (χ1v) is 8.50. The van der Waals surface area contributed by atoms with Gasteiger partial charge in [0.1, 0.15) is 0 Å². The molecule has 1 atom stereocenters. The lowest BCUT2D eigenvalue weighted by Gasteiger charge is -2.18. The van der Waals surface area contributed by atoms with Crippen molar-refractivity contribution in [1.29, 1.82) is 0 Å². The molecule has 0 aliphatic rings. The molecule has 1 N–H and O–H groups in total. The maximum absolute atomic E-state index is 6.29. The minimum atomic E-state index is 0.270. The Bertz CT molecular complexity index is 525. The van der Waals surface area contributed by atoms with E-state index in [1.807, 2.05) is 12.1 Å². The second-order valence-electron chi connectivity index (χ2n) is 4.81. The lowest BCUT2D eigenvalue weighted by molar-refractivity contribution is 0.500. The van der Waals surface area contributed by atoms with Crippen LogP contribution < -0.4 is 5.32 Å². The van der Waals surface area contributed by atoms with Crippen molar-refractivity contribution in [1.82, 2.24) is 5.32 Å². The average molecular weight is 328 g/mol. The zero-order valence-corrected chi connectivity index (χ0v) is 13.9. The Balaban J connectivity index is 2.05. The SMILES string of the molecule is CCCNC(CCc1ccccc1)c1cc(Cl)sc1Cl. The van der Waals surface area contributed by atoms with Crippen LogP contribution in [0.25, 0.3) is 0 Å². The molecule has 1 aromatic carbocycles. The minimum absolute atomic E-state index is 0.270. The fourth-order valence-electron chi connectivity index (χ4n) is 2.23. The van der Waals surface area contributed by atoms with Gasteiger partial charge in [0.2, 0.25) is 0 Å². The molecule has 0 radical (unpaired) electrons. The van der Waals surface area contributed by atoms with Gasteiger partial charge in [0, 0.05) is 11.6 Å². The van der Waals surface area contributed by atoms with Gasteiger partial charge in [-0.05, 0) is 37.4 Å². The van der Waals surface area contributed by atoms with Crippen molar-refractivity contribution in [3.8, 4) is 0 Å². The smallest absolute Gasteiger partial charge is 0.0991 e. The third-order valence-electron chi connectivity index (χ3n) is 3.26. The number of halogens is 2. The van der Waals surface area contributed by atoms with Crippen LogP contribution in [0.4, 0.5) is 0 Å². The van der Waals surface area contributed by atoms with E-state index in [0.29, 0.717) is 0 Å². The van der Waals surface area contributed by atoms with Gasteiger partial charge in [-0.15, -0.1) is 11.3 Å². The topological polar surface area (TPSA) is 12.0 Å². The van der Waals surface area contributed by atoms with Crippen LogP contribution in [0.2, 0.25) is 8.67 Å². The van der Waals surface area contributed by atoms with Crippen molar-refractivity contribution < 1.29 is 0 Å². The third-order valence-corrected chi connectivity index (χ3v) is 4.78. The van der Waals surface area contributed by atoms with Gasteiger partial charge in [0.25, 0.3) is 0 Å². The van der Waals surface area contributed by atoms with Crippen LogP contribution in [0.5, 0.6) is 0 Å². The van der Waals surface area contributed by atoms with Gasteiger partial charge in [-0.2, -0.15) is 0 Å². The molecular formula is C16H19Cl2NS. The van der Waals surface area contributed by atoms with E-state index in [-0.39, 0.29) is 6.04 Å². The number of hydrogen-bond donors (Lipinski definition) is 1. The summed E-state index contributed by atoms with van der Waals surface area (Å²) in [5.41, 5.74) is 2.49. The summed E-state index contributed by atoms with van der Waals surface area (Å²) < 4.78 is 1.56. The molecule has 4 heteroatoms. The zero-order chi connectivity index (χ0) is 14.4. The number of aryl methyl sites for hydroxylation is 1. The monoisotopic (exact) mass is 327 g/mol. The Morgan fingerprint density at radius 2 is 1.95 bits per heavy atom. The average Bonchev–Trinajstić information content (AvgIpc) is 2.79. The molecule has 0 fully saturated rings. The highest BCUT2D eigenvalue weighted by atomic mass is 35.5. The second-order valence-corrected chi connectivity index (χ2v) is 7.10. The normalized spacial score (nSPS) is 12.6. The van der Waals surface area contributed by atoms with Crippen LogP contribution in [0.15, 0.2) is 36.4 Å². The molecule has 1 aromatic heterocycles. The fraction of sp³-hybridized carbons (Fsp3) is 0.375. The maximum Gasteiger partial charge on any atom is 0.0991 e. The number of rotatable bonds is 7. The molecule has 0 saturated carbocycles. The summed E-state index contributed by atoms with van der Waals surface area (Å²) in [5.74, 6) is 0. The van der Waals surface area contributed by atoms with Gasteiger partial charge in [-0.1, -0.05) is 60.5 Å². The third kappa shape index (κ3) is 4.49. The molecule has 20 heavy (non-hydrogen) atoms. The molecule has 108 valence electrons. The van der Waals surface area contributed by atoms with E-state index >= 15 is 0 Å². The summed E-state index contributed by atoms with van der Waals surface area (Å²) in [5, 5.41) is 3.57. The first-order valence-electron chi connectivity index (χ1n) is 6.92. The van der Waals surface area contributed by atoms with Crippen molar-refractivity contribution >= 4 is 34.5 Å². The highest BCUT2D eigenvalue weighted by molar-refractivity contribution is 7.20. The summed E-state index contributed by atoms with van der Waals surface area (Å²) >= 11 is 13.8. The van der Waals surface area contributed by atoms with E-state index in [2.05, 4.69) is 36.5 Å². The fourth-order valence-corrected chi connectivity index (χ4v) is 3.81. The highest BCUT2D eigenvalue weighted by Crippen LogP contribution is 2.36. The molecular weight excluding hydrogens is 309 g/mol. The summed E-state index contributed by atoms with van der Waals surface area (Å²) in [7, 11) is 0. The lowest BCUT2D eigenvalue weighted by Crippen LogP contribution is -2.22. The molecule has 2 aromatic rings. The van der Waals surface area contributed by atoms with Crippen molar-refractivity contribution in [3.05, 3.63) is 56.2 Å². The van der Waals surface area contributed by atoms with E-state index < -0.39 is 0 Å². The highest BCUT2D eigenvalue weighted by Gasteiger charge is 2.17. The van der Waals surface area contributed by atoms with Crippen LogP contribution in [0.3, 0.4) is 0 Å². The van der Waals surface area contributed by atoms with Crippen molar-refractivity contribution in [2.75, 3.05) is 6.54 Å². The molecule has 0 aliphatic carbocycles. The second kappa shape index (κ2) is 8.04. The van der Waals surface area contributed by atoms with Crippen molar-refractivity contribution in [3.63, 3.8) is 0 Å². The molecule has 0 saturated heterocycles. The number of nitrogens with one attached hydrogen (secondary N) is 1. The van der Waals surface area contributed by atoms with E-state index in [4.69, 9.17) is 23.2 Å². The van der Waals surface area contributed by atoms with Crippen LogP contribution in [-0.4, -0.2) is 6.54 Å². The van der Waals surface area contributed by atoms with Crippen LogP contribution in [-0.2, 0) is 6.42 Å². The Hall–Kier alpha value is -0.540. The van der Waals surface area contributed by atoms with Crippen molar-refractivity contribution in [2.45, 2.75) is 32.2 Å². The Labute approximate surface area is 134 Å². The molecule has 0 aliphatic heterocycles. The molecule has 1 unspecified atom stereocenters. The van der Waals surface area contributed by atoms with E-state index in [0.717, 1.165) is 40.0 Å². The predicted molar refractivity (Wildman–Crippen MR) is 90.1 cm³/mol. The van der Waals surface area contributed by atoms with Crippen LogP contribution >= 0.6 is 34.5 Å². The molecule has 1 nitrogen and oxygen atoms in total. The first kappa shape index (κ1) is 15.8. The number of thiophene rings is 1. The van der Waals surface area contributed by atoms with E-state index in [1.54, 1.807) is 0 Å². The zero-order valence-electron chi connectivity index (χ0n) is 11.5.